The van der Waals surface area contributed by atoms with Gasteiger partial charge in [-0.1, -0.05) is 11.6 Å². The first-order valence-electron chi connectivity index (χ1n) is 5.83. The molecular formula is C13H24O2. The van der Waals surface area contributed by atoms with Gasteiger partial charge in [-0.2, -0.15) is 0 Å². The second kappa shape index (κ2) is 4.26. The molecule has 1 rings (SSSR count). The fraction of sp³-hybridized carbons (Fsp3) is 0.846. The molecule has 0 aromatic carbocycles. The molecule has 0 radical (unpaired) electrons. The second-order valence-electron chi connectivity index (χ2n) is 5.46. The second-order valence-corrected chi connectivity index (χ2v) is 5.46. The number of ether oxygens (including phenoxy) is 1. The Morgan fingerprint density at radius 2 is 2.07 bits per heavy atom. The average Bonchev–Trinajstić information content (AvgIpc) is 2.08. The minimum absolute atomic E-state index is 0.149. The lowest BCUT2D eigenvalue weighted by Crippen LogP contribution is -2.53. The molecule has 0 saturated carbocycles. The third-order valence-corrected chi connectivity index (χ3v) is 3.37. The quantitative estimate of drug-likeness (QED) is 0.729. The highest BCUT2D eigenvalue weighted by Crippen LogP contribution is 2.38. The van der Waals surface area contributed by atoms with Gasteiger partial charge in [0.2, 0.25) is 0 Å². The van der Waals surface area contributed by atoms with Crippen molar-refractivity contribution in [2.45, 2.75) is 71.2 Å². The van der Waals surface area contributed by atoms with E-state index in [1.807, 2.05) is 27.7 Å². The van der Waals surface area contributed by atoms with Crippen LogP contribution in [0, 0.1) is 0 Å². The van der Waals surface area contributed by atoms with Gasteiger partial charge in [-0.25, -0.2) is 0 Å². The summed E-state index contributed by atoms with van der Waals surface area (Å²) in [6.45, 7) is 10.1. The summed E-state index contributed by atoms with van der Waals surface area (Å²) in [6, 6.07) is 0. The number of hydrogen-bond acceptors (Lipinski definition) is 2. The summed E-state index contributed by atoms with van der Waals surface area (Å²) in [5.74, 6) is 0. The van der Waals surface area contributed by atoms with Gasteiger partial charge in [0.25, 0.3) is 0 Å². The SMILES string of the molecule is CC1=CCC(O)(C(C)(C)OC(C)C)CC1. The molecular weight excluding hydrogens is 188 g/mol. The predicted octanol–water partition coefficient (Wildman–Crippen LogP) is 3.05. The first kappa shape index (κ1) is 12.7. The van der Waals surface area contributed by atoms with Gasteiger partial charge < -0.3 is 9.84 Å². The normalized spacial score (nSPS) is 28.1. The molecule has 0 fully saturated rings. The van der Waals surface area contributed by atoms with Crippen LogP contribution >= 0.6 is 0 Å². The maximum absolute atomic E-state index is 10.6. The van der Waals surface area contributed by atoms with Crippen molar-refractivity contribution < 1.29 is 9.84 Å². The summed E-state index contributed by atoms with van der Waals surface area (Å²) in [6.07, 6.45) is 4.76. The van der Waals surface area contributed by atoms with Gasteiger partial charge in [-0.15, -0.1) is 0 Å². The lowest BCUT2D eigenvalue weighted by Gasteiger charge is -2.45. The Labute approximate surface area is 93.3 Å². The predicted molar refractivity (Wildman–Crippen MR) is 62.9 cm³/mol. The Hall–Kier alpha value is -0.340. The fourth-order valence-electron chi connectivity index (χ4n) is 2.20. The van der Waals surface area contributed by atoms with Crippen LogP contribution in [-0.4, -0.2) is 22.4 Å². The van der Waals surface area contributed by atoms with E-state index < -0.39 is 11.2 Å². The average molecular weight is 212 g/mol. The van der Waals surface area contributed by atoms with Crippen molar-refractivity contribution in [1.82, 2.24) is 0 Å². The molecule has 0 aromatic heterocycles. The Kier molecular flexibility index (Phi) is 3.62. The molecule has 2 nitrogen and oxygen atoms in total. The van der Waals surface area contributed by atoms with E-state index >= 15 is 0 Å². The van der Waals surface area contributed by atoms with E-state index in [1.165, 1.54) is 5.57 Å². The summed E-state index contributed by atoms with van der Waals surface area (Å²) in [4.78, 5) is 0. The van der Waals surface area contributed by atoms with Crippen LogP contribution in [0.3, 0.4) is 0 Å². The van der Waals surface area contributed by atoms with E-state index in [0.717, 1.165) is 12.8 Å². The molecule has 1 aliphatic rings. The summed E-state index contributed by atoms with van der Waals surface area (Å²) in [5, 5.41) is 10.6. The van der Waals surface area contributed by atoms with Crippen LogP contribution in [0.2, 0.25) is 0 Å². The third-order valence-electron chi connectivity index (χ3n) is 3.37. The van der Waals surface area contributed by atoms with Gasteiger partial charge in [0.05, 0.1) is 17.3 Å². The van der Waals surface area contributed by atoms with Crippen molar-refractivity contribution in [3.63, 3.8) is 0 Å². The van der Waals surface area contributed by atoms with Gasteiger partial charge in [-0.3, -0.25) is 0 Å². The smallest absolute Gasteiger partial charge is 0.0968 e. The van der Waals surface area contributed by atoms with E-state index in [0.29, 0.717) is 6.42 Å². The van der Waals surface area contributed by atoms with Gasteiger partial charge in [-0.05, 0) is 53.9 Å². The maximum atomic E-state index is 10.6. The molecule has 0 aromatic rings. The monoisotopic (exact) mass is 212 g/mol. The first-order chi connectivity index (χ1) is 6.77. The Balaban J connectivity index is 2.77. The Morgan fingerprint density at radius 3 is 2.47 bits per heavy atom. The first-order valence-corrected chi connectivity index (χ1v) is 5.83. The lowest BCUT2D eigenvalue weighted by molar-refractivity contribution is -0.185. The largest absolute Gasteiger partial charge is 0.387 e. The molecule has 1 unspecified atom stereocenters. The number of allylic oxidation sites excluding steroid dienone is 1. The molecule has 0 amide bonds. The summed E-state index contributed by atoms with van der Waals surface area (Å²) >= 11 is 0. The van der Waals surface area contributed by atoms with Crippen molar-refractivity contribution in [3.8, 4) is 0 Å². The van der Waals surface area contributed by atoms with Crippen molar-refractivity contribution in [2.24, 2.45) is 0 Å². The van der Waals surface area contributed by atoms with E-state index in [2.05, 4.69) is 13.0 Å². The highest BCUT2D eigenvalue weighted by molar-refractivity contribution is 5.12. The van der Waals surface area contributed by atoms with Crippen LogP contribution in [-0.2, 0) is 4.74 Å². The molecule has 2 heteroatoms. The van der Waals surface area contributed by atoms with Crippen molar-refractivity contribution in [2.75, 3.05) is 0 Å². The summed E-state index contributed by atoms with van der Waals surface area (Å²) in [7, 11) is 0. The highest BCUT2D eigenvalue weighted by atomic mass is 16.5. The minimum Gasteiger partial charge on any atom is -0.387 e. The zero-order valence-electron chi connectivity index (χ0n) is 10.6. The molecule has 1 atom stereocenters. The molecule has 1 N–H and O–H groups in total. The summed E-state index contributed by atoms with van der Waals surface area (Å²) < 4.78 is 5.84. The van der Waals surface area contributed by atoms with Gasteiger partial charge >= 0.3 is 0 Å². The van der Waals surface area contributed by atoms with Crippen LogP contribution in [0.15, 0.2) is 11.6 Å². The van der Waals surface area contributed by atoms with Gasteiger partial charge in [0.1, 0.15) is 0 Å². The fourth-order valence-corrected chi connectivity index (χ4v) is 2.20. The third kappa shape index (κ3) is 2.82. The molecule has 0 saturated heterocycles. The Bertz CT molecular complexity index is 253. The molecule has 0 bridgehead atoms. The van der Waals surface area contributed by atoms with Crippen molar-refractivity contribution in [3.05, 3.63) is 11.6 Å². The number of rotatable bonds is 3. The number of hydrogen-bond donors (Lipinski definition) is 1. The van der Waals surface area contributed by atoms with Crippen LogP contribution < -0.4 is 0 Å². The minimum atomic E-state index is -0.712. The zero-order valence-corrected chi connectivity index (χ0v) is 10.6. The Morgan fingerprint density at radius 1 is 1.47 bits per heavy atom. The van der Waals surface area contributed by atoms with Crippen LogP contribution in [0.5, 0.6) is 0 Å². The van der Waals surface area contributed by atoms with E-state index in [-0.39, 0.29) is 6.10 Å². The van der Waals surface area contributed by atoms with Crippen LogP contribution in [0.25, 0.3) is 0 Å². The highest BCUT2D eigenvalue weighted by Gasteiger charge is 2.44. The molecule has 1 aliphatic carbocycles. The topological polar surface area (TPSA) is 29.5 Å². The van der Waals surface area contributed by atoms with E-state index in [1.54, 1.807) is 0 Å². The van der Waals surface area contributed by atoms with Gasteiger partial charge in [0.15, 0.2) is 0 Å². The number of aliphatic hydroxyl groups is 1. The van der Waals surface area contributed by atoms with Crippen LogP contribution in [0.1, 0.15) is 53.9 Å². The zero-order chi connectivity index (χ0) is 11.7. The van der Waals surface area contributed by atoms with Crippen molar-refractivity contribution in [1.29, 1.82) is 0 Å². The molecule has 15 heavy (non-hydrogen) atoms. The lowest BCUT2D eigenvalue weighted by atomic mass is 9.75. The molecule has 0 aliphatic heterocycles. The molecule has 88 valence electrons. The van der Waals surface area contributed by atoms with E-state index in [9.17, 15) is 5.11 Å². The van der Waals surface area contributed by atoms with Crippen LogP contribution in [0.4, 0.5) is 0 Å². The molecule has 0 spiro atoms. The maximum Gasteiger partial charge on any atom is 0.0968 e. The molecule has 0 heterocycles. The van der Waals surface area contributed by atoms with Crippen molar-refractivity contribution >= 4 is 0 Å². The standard InChI is InChI=1S/C13H24O2/c1-10(2)15-12(4,5)13(14)8-6-11(3)7-9-13/h6,10,14H,7-9H2,1-5H3. The summed E-state index contributed by atoms with van der Waals surface area (Å²) in [5.41, 5.74) is 0.190. The van der Waals surface area contributed by atoms with E-state index in [4.69, 9.17) is 4.74 Å². The van der Waals surface area contributed by atoms with Gasteiger partial charge in [0, 0.05) is 0 Å².